The quantitative estimate of drug-likeness (QED) is 0.510. The second-order valence-corrected chi connectivity index (χ2v) is 7.90. The molecule has 0 unspecified atom stereocenters. The third-order valence-corrected chi connectivity index (χ3v) is 5.65. The molecule has 1 amide bonds. The minimum Gasteiger partial charge on any atom is -0.495 e. The van der Waals surface area contributed by atoms with Crippen LogP contribution in [-0.4, -0.2) is 61.1 Å². The van der Waals surface area contributed by atoms with E-state index in [0.29, 0.717) is 17.9 Å². The van der Waals surface area contributed by atoms with E-state index < -0.39 is 11.5 Å². The normalized spacial score (nSPS) is 14.1. The number of nitrogens with one attached hydrogen (secondary N) is 3. The van der Waals surface area contributed by atoms with E-state index in [9.17, 15) is 9.59 Å². The number of anilines is 3. The van der Waals surface area contributed by atoms with Crippen LogP contribution in [0.4, 0.5) is 17.1 Å². The fourth-order valence-corrected chi connectivity index (χ4v) is 3.80. The molecule has 2 aromatic heterocycles. The van der Waals surface area contributed by atoms with Crippen LogP contribution in [0.2, 0.25) is 0 Å². The molecular weight excluding hydrogens is 420 g/mol. The van der Waals surface area contributed by atoms with Crippen molar-refractivity contribution in [3.05, 3.63) is 76.5 Å². The van der Waals surface area contributed by atoms with Crippen LogP contribution in [0.5, 0.6) is 5.75 Å². The lowest BCUT2D eigenvalue weighted by Gasteiger charge is -2.35. The van der Waals surface area contributed by atoms with Gasteiger partial charge in [0, 0.05) is 44.3 Å². The van der Waals surface area contributed by atoms with E-state index in [1.54, 1.807) is 25.4 Å². The Labute approximate surface area is 192 Å². The molecule has 0 radical (unpaired) electrons. The number of aromatic amines is 1. The van der Waals surface area contributed by atoms with Crippen molar-refractivity contribution in [1.82, 2.24) is 14.9 Å². The minimum absolute atomic E-state index is 0.0189. The molecule has 9 nitrogen and oxygen atoms in total. The van der Waals surface area contributed by atoms with Crippen molar-refractivity contribution in [2.24, 2.45) is 0 Å². The SMILES string of the molecule is COc1ccc(NC(=O)c2c(NCc3ccccn3)cc[nH]c2=O)cc1N1CCN(C)CC1. The van der Waals surface area contributed by atoms with Gasteiger partial charge in [0.15, 0.2) is 0 Å². The Morgan fingerprint density at radius 3 is 2.70 bits per heavy atom. The summed E-state index contributed by atoms with van der Waals surface area (Å²) in [4.78, 5) is 37.0. The van der Waals surface area contributed by atoms with Crippen LogP contribution in [0.25, 0.3) is 0 Å². The van der Waals surface area contributed by atoms with Gasteiger partial charge in [-0.25, -0.2) is 0 Å². The highest BCUT2D eigenvalue weighted by Gasteiger charge is 2.20. The lowest BCUT2D eigenvalue weighted by Crippen LogP contribution is -2.44. The number of nitrogens with zero attached hydrogens (tertiary/aromatic N) is 3. The number of benzene rings is 1. The van der Waals surface area contributed by atoms with Crippen molar-refractivity contribution >= 4 is 23.0 Å². The Balaban J connectivity index is 1.55. The van der Waals surface area contributed by atoms with Gasteiger partial charge in [-0.15, -0.1) is 0 Å². The van der Waals surface area contributed by atoms with Crippen LogP contribution in [0.3, 0.4) is 0 Å². The number of hydrogen-bond donors (Lipinski definition) is 3. The summed E-state index contributed by atoms with van der Waals surface area (Å²) in [5, 5.41) is 6.02. The number of amides is 1. The molecule has 0 spiro atoms. The number of methoxy groups -OCH3 is 1. The maximum absolute atomic E-state index is 13.1. The average Bonchev–Trinajstić information content (AvgIpc) is 2.84. The maximum Gasteiger partial charge on any atom is 0.263 e. The van der Waals surface area contributed by atoms with E-state index in [1.165, 1.54) is 6.20 Å². The van der Waals surface area contributed by atoms with Gasteiger partial charge in [0.2, 0.25) is 0 Å². The number of pyridine rings is 2. The molecule has 1 saturated heterocycles. The zero-order chi connectivity index (χ0) is 23.2. The van der Waals surface area contributed by atoms with Crippen molar-refractivity contribution in [3.8, 4) is 5.75 Å². The molecule has 1 aliphatic rings. The van der Waals surface area contributed by atoms with Gasteiger partial charge in [-0.05, 0) is 43.4 Å². The molecule has 1 fully saturated rings. The van der Waals surface area contributed by atoms with Gasteiger partial charge in [0.25, 0.3) is 11.5 Å². The lowest BCUT2D eigenvalue weighted by atomic mass is 10.1. The number of hydrogen-bond acceptors (Lipinski definition) is 7. The summed E-state index contributed by atoms with van der Waals surface area (Å²) >= 11 is 0. The average molecular weight is 449 g/mol. The second kappa shape index (κ2) is 10.2. The van der Waals surface area contributed by atoms with E-state index in [4.69, 9.17) is 4.74 Å². The predicted molar refractivity (Wildman–Crippen MR) is 129 cm³/mol. The van der Waals surface area contributed by atoms with Crippen LogP contribution in [0.1, 0.15) is 16.1 Å². The maximum atomic E-state index is 13.1. The van der Waals surface area contributed by atoms with Crippen LogP contribution >= 0.6 is 0 Å². The summed E-state index contributed by atoms with van der Waals surface area (Å²) < 4.78 is 5.54. The Hall–Kier alpha value is -3.85. The standard InChI is InChI=1S/C24H28N6O3/c1-29-11-13-30(14-12-29)20-15-17(6-7-21(20)33-2)28-24(32)22-19(8-10-26-23(22)31)27-16-18-5-3-4-9-25-18/h3-10,15H,11-14,16H2,1-2H3,(H,28,32)(H2,26,27,31). The van der Waals surface area contributed by atoms with E-state index in [0.717, 1.165) is 43.3 Å². The topological polar surface area (TPSA) is 103 Å². The third kappa shape index (κ3) is 5.32. The fourth-order valence-electron chi connectivity index (χ4n) is 3.80. The smallest absolute Gasteiger partial charge is 0.263 e. The van der Waals surface area contributed by atoms with Gasteiger partial charge in [0.05, 0.1) is 30.7 Å². The van der Waals surface area contributed by atoms with Gasteiger partial charge in [-0.3, -0.25) is 14.6 Å². The second-order valence-electron chi connectivity index (χ2n) is 7.90. The first kappa shape index (κ1) is 22.3. The Morgan fingerprint density at radius 1 is 1.15 bits per heavy atom. The summed E-state index contributed by atoms with van der Waals surface area (Å²) in [5.41, 5.74) is 2.30. The zero-order valence-electron chi connectivity index (χ0n) is 18.8. The molecule has 33 heavy (non-hydrogen) atoms. The summed E-state index contributed by atoms with van der Waals surface area (Å²) in [6.45, 7) is 4.02. The number of ether oxygens (including phenoxy) is 1. The van der Waals surface area contributed by atoms with Gasteiger partial charge >= 0.3 is 0 Å². The summed E-state index contributed by atoms with van der Waals surface area (Å²) in [6.07, 6.45) is 3.21. The van der Waals surface area contributed by atoms with Crippen molar-refractivity contribution in [1.29, 1.82) is 0 Å². The predicted octanol–water partition coefficient (Wildman–Crippen LogP) is 2.39. The molecule has 3 heterocycles. The number of aromatic nitrogens is 2. The minimum atomic E-state index is -0.491. The Bertz CT molecular complexity index is 1160. The van der Waals surface area contributed by atoms with Crippen LogP contribution < -0.4 is 25.8 Å². The molecule has 0 saturated carbocycles. The first-order valence-electron chi connectivity index (χ1n) is 10.8. The molecule has 1 aromatic carbocycles. The first-order chi connectivity index (χ1) is 16.0. The van der Waals surface area contributed by atoms with Crippen LogP contribution in [0, 0.1) is 0 Å². The molecular formula is C24H28N6O3. The highest BCUT2D eigenvalue weighted by molar-refractivity contribution is 6.08. The van der Waals surface area contributed by atoms with Crippen molar-refractivity contribution < 1.29 is 9.53 Å². The number of likely N-dealkylation sites (N-methyl/N-ethyl adjacent to an activating group) is 1. The van der Waals surface area contributed by atoms with Crippen molar-refractivity contribution in [2.75, 3.05) is 55.9 Å². The molecule has 172 valence electrons. The molecule has 9 heteroatoms. The Morgan fingerprint density at radius 2 is 1.97 bits per heavy atom. The number of piperazine rings is 1. The van der Waals surface area contributed by atoms with E-state index in [-0.39, 0.29) is 5.56 Å². The van der Waals surface area contributed by atoms with E-state index in [1.807, 2.05) is 30.3 Å². The number of rotatable bonds is 7. The van der Waals surface area contributed by atoms with Crippen molar-refractivity contribution in [2.45, 2.75) is 6.54 Å². The summed E-state index contributed by atoms with van der Waals surface area (Å²) in [7, 11) is 3.73. The largest absolute Gasteiger partial charge is 0.495 e. The third-order valence-electron chi connectivity index (χ3n) is 5.65. The summed E-state index contributed by atoms with van der Waals surface area (Å²) in [6, 6.07) is 12.8. The molecule has 0 atom stereocenters. The molecule has 1 aliphatic heterocycles. The highest BCUT2D eigenvalue weighted by atomic mass is 16.5. The Kier molecular flexibility index (Phi) is 6.89. The molecule has 4 rings (SSSR count). The summed E-state index contributed by atoms with van der Waals surface area (Å²) in [5.74, 6) is 0.252. The number of H-pyrrole nitrogens is 1. The van der Waals surface area contributed by atoms with Crippen LogP contribution in [0.15, 0.2) is 59.7 Å². The van der Waals surface area contributed by atoms with E-state index in [2.05, 4.69) is 37.4 Å². The first-order valence-corrected chi connectivity index (χ1v) is 10.8. The zero-order valence-corrected chi connectivity index (χ0v) is 18.8. The molecule has 3 N–H and O–H groups in total. The monoisotopic (exact) mass is 448 g/mol. The van der Waals surface area contributed by atoms with E-state index >= 15 is 0 Å². The van der Waals surface area contributed by atoms with Crippen LogP contribution in [-0.2, 0) is 6.54 Å². The lowest BCUT2D eigenvalue weighted by molar-refractivity contribution is 0.102. The van der Waals surface area contributed by atoms with Crippen molar-refractivity contribution in [3.63, 3.8) is 0 Å². The molecule has 0 bridgehead atoms. The molecule has 3 aromatic rings. The highest BCUT2D eigenvalue weighted by Crippen LogP contribution is 2.32. The van der Waals surface area contributed by atoms with Gasteiger partial charge in [-0.2, -0.15) is 0 Å². The molecule has 0 aliphatic carbocycles. The van der Waals surface area contributed by atoms with Gasteiger partial charge in [-0.1, -0.05) is 6.07 Å². The van der Waals surface area contributed by atoms with Gasteiger partial charge < -0.3 is 30.2 Å². The number of carbonyl (C=O) groups excluding carboxylic acids is 1. The van der Waals surface area contributed by atoms with Gasteiger partial charge in [0.1, 0.15) is 11.3 Å². The number of carbonyl (C=O) groups is 1. The fraction of sp³-hybridized carbons (Fsp3) is 0.292.